The lowest BCUT2D eigenvalue weighted by atomic mass is 9.85. The van der Waals surface area contributed by atoms with Gasteiger partial charge in [-0.05, 0) is 19.1 Å². The van der Waals surface area contributed by atoms with Crippen LogP contribution >= 0.6 is 0 Å². The largest absolute Gasteiger partial charge is 0.451 e. The molecule has 1 aliphatic rings. The van der Waals surface area contributed by atoms with Gasteiger partial charge < -0.3 is 29.8 Å². The second-order valence-corrected chi connectivity index (χ2v) is 6.25. The average Bonchev–Trinajstić information content (AvgIpc) is 3.00. The fraction of sp³-hybridized carbons (Fsp3) is 0.471. The minimum Gasteiger partial charge on any atom is -0.451 e. The zero-order valence-electron chi connectivity index (χ0n) is 13.3. The summed E-state index contributed by atoms with van der Waals surface area (Å²) < 4.78 is 11.0. The molecule has 3 rings (SSSR count). The SMILES string of the molecule is CC1CC(O)(CO)C(O)[C@@H](CNC(=O)c2cc3ccccc3o2)O1. The second-order valence-electron chi connectivity index (χ2n) is 6.25. The Morgan fingerprint density at radius 2 is 2.17 bits per heavy atom. The predicted molar refractivity (Wildman–Crippen MR) is 85.5 cm³/mol. The number of nitrogens with one attached hydrogen (secondary N) is 1. The summed E-state index contributed by atoms with van der Waals surface area (Å²) in [4.78, 5) is 12.2. The molecule has 3 unspecified atom stereocenters. The maximum absolute atomic E-state index is 12.2. The first-order valence-corrected chi connectivity index (χ1v) is 7.86. The molecule has 1 aliphatic heterocycles. The Morgan fingerprint density at radius 3 is 2.88 bits per heavy atom. The Bertz CT molecular complexity index is 696. The van der Waals surface area contributed by atoms with Gasteiger partial charge in [0.15, 0.2) is 5.76 Å². The highest BCUT2D eigenvalue weighted by atomic mass is 16.5. The molecule has 2 aromatic rings. The number of ether oxygens (including phenoxy) is 1. The van der Waals surface area contributed by atoms with E-state index >= 15 is 0 Å². The van der Waals surface area contributed by atoms with Crippen LogP contribution in [0.3, 0.4) is 0 Å². The first kappa shape index (κ1) is 16.9. The summed E-state index contributed by atoms with van der Waals surface area (Å²) in [6, 6.07) is 8.91. The van der Waals surface area contributed by atoms with Gasteiger partial charge >= 0.3 is 0 Å². The number of rotatable bonds is 4. The molecule has 1 aromatic heterocycles. The molecule has 1 aromatic carbocycles. The molecule has 0 bridgehead atoms. The van der Waals surface area contributed by atoms with Crippen molar-refractivity contribution in [3.05, 3.63) is 36.1 Å². The number of carbonyl (C=O) groups excluding carboxylic acids is 1. The number of benzene rings is 1. The van der Waals surface area contributed by atoms with E-state index in [0.717, 1.165) is 5.39 Å². The summed E-state index contributed by atoms with van der Waals surface area (Å²) in [6.45, 7) is 1.15. The third kappa shape index (κ3) is 3.16. The Balaban J connectivity index is 1.67. The second kappa shape index (κ2) is 6.52. The zero-order chi connectivity index (χ0) is 17.3. The highest BCUT2D eigenvalue weighted by Gasteiger charge is 2.46. The van der Waals surface area contributed by atoms with Gasteiger partial charge in [0, 0.05) is 18.4 Å². The van der Waals surface area contributed by atoms with Gasteiger partial charge in [-0.1, -0.05) is 18.2 Å². The predicted octanol–water partition coefficient (Wildman–Crippen LogP) is 0.424. The van der Waals surface area contributed by atoms with E-state index < -0.39 is 30.3 Å². The van der Waals surface area contributed by atoms with Crippen LogP contribution < -0.4 is 5.32 Å². The van der Waals surface area contributed by atoms with E-state index in [1.807, 2.05) is 18.2 Å². The molecule has 0 spiro atoms. The minimum absolute atomic E-state index is 0.0102. The van der Waals surface area contributed by atoms with Crippen LogP contribution in [0.2, 0.25) is 0 Å². The van der Waals surface area contributed by atoms with Crippen molar-refractivity contribution in [2.75, 3.05) is 13.2 Å². The topological polar surface area (TPSA) is 112 Å². The number of hydrogen-bond acceptors (Lipinski definition) is 6. The van der Waals surface area contributed by atoms with Gasteiger partial charge in [-0.15, -0.1) is 0 Å². The maximum atomic E-state index is 12.2. The molecule has 7 heteroatoms. The molecule has 1 saturated heterocycles. The number of carbonyl (C=O) groups is 1. The van der Waals surface area contributed by atoms with Crippen molar-refractivity contribution in [2.24, 2.45) is 0 Å². The molecule has 130 valence electrons. The first-order chi connectivity index (χ1) is 11.4. The van der Waals surface area contributed by atoms with Crippen molar-refractivity contribution in [2.45, 2.75) is 37.3 Å². The molecular formula is C17H21NO6. The Labute approximate surface area is 138 Å². The van der Waals surface area contributed by atoms with E-state index in [-0.39, 0.29) is 24.8 Å². The van der Waals surface area contributed by atoms with E-state index in [4.69, 9.17) is 9.15 Å². The normalized spacial score (nSPS) is 30.4. The van der Waals surface area contributed by atoms with Crippen LogP contribution in [-0.4, -0.2) is 58.3 Å². The number of hydrogen-bond donors (Lipinski definition) is 4. The van der Waals surface area contributed by atoms with Gasteiger partial charge in [-0.2, -0.15) is 0 Å². The van der Waals surface area contributed by atoms with Crippen LogP contribution in [0.4, 0.5) is 0 Å². The Morgan fingerprint density at radius 1 is 1.42 bits per heavy atom. The van der Waals surface area contributed by atoms with Gasteiger partial charge in [0.25, 0.3) is 5.91 Å². The molecule has 0 radical (unpaired) electrons. The fourth-order valence-electron chi connectivity index (χ4n) is 3.08. The Kier molecular flexibility index (Phi) is 4.60. The number of aliphatic hydroxyl groups is 3. The molecule has 24 heavy (non-hydrogen) atoms. The summed E-state index contributed by atoms with van der Waals surface area (Å²) in [6.07, 6.45) is -2.34. The summed E-state index contributed by atoms with van der Waals surface area (Å²) in [7, 11) is 0. The number of fused-ring (bicyclic) bond motifs is 1. The molecular weight excluding hydrogens is 314 g/mol. The van der Waals surface area contributed by atoms with Crippen molar-refractivity contribution in [3.63, 3.8) is 0 Å². The molecule has 4 atom stereocenters. The zero-order valence-corrected chi connectivity index (χ0v) is 13.3. The van der Waals surface area contributed by atoms with Crippen LogP contribution in [0.5, 0.6) is 0 Å². The van der Waals surface area contributed by atoms with E-state index in [9.17, 15) is 20.1 Å². The van der Waals surface area contributed by atoms with Crippen LogP contribution in [-0.2, 0) is 4.74 Å². The fourth-order valence-corrected chi connectivity index (χ4v) is 3.08. The van der Waals surface area contributed by atoms with Gasteiger partial charge in [-0.25, -0.2) is 0 Å². The maximum Gasteiger partial charge on any atom is 0.287 e. The highest BCUT2D eigenvalue weighted by molar-refractivity contribution is 5.96. The summed E-state index contributed by atoms with van der Waals surface area (Å²) in [5, 5.41) is 33.2. The van der Waals surface area contributed by atoms with Gasteiger partial charge in [0.05, 0.1) is 12.7 Å². The summed E-state index contributed by atoms with van der Waals surface area (Å²) in [5.74, 6) is -0.278. The molecule has 2 heterocycles. The summed E-state index contributed by atoms with van der Waals surface area (Å²) >= 11 is 0. The lowest BCUT2D eigenvalue weighted by Crippen LogP contribution is -2.61. The van der Waals surface area contributed by atoms with Crippen molar-refractivity contribution < 1.29 is 29.3 Å². The third-order valence-electron chi connectivity index (χ3n) is 4.34. The molecule has 1 fully saturated rings. The minimum atomic E-state index is -1.63. The standard InChI is InChI=1S/C17H21NO6/c1-10-7-17(22,9-19)15(20)14(23-10)8-18-16(21)13-6-11-4-2-3-5-12(11)24-13/h2-6,10,14-15,19-20,22H,7-9H2,1H3,(H,18,21)/t10?,14-,15?,17?/m1/s1. The van der Waals surface area contributed by atoms with E-state index in [1.54, 1.807) is 19.1 Å². The van der Waals surface area contributed by atoms with Crippen LogP contribution in [0.15, 0.2) is 34.7 Å². The van der Waals surface area contributed by atoms with Crippen LogP contribution in [0.25, 0.3) is 11.0 Å². The molecule has 0 saturated carbocycles. The first-order valence-electron chi connectivity index (χ1n) is 7.86. The van der Waals surface area contributed by atoms with Crippen molar-refractivity contribution in [1.29, 1.82) is 0 Å². The molecule has 7 nitrogen and oxygen atoms in total. The monoisotopic (exact) mass is 335 g/mol. The quantitative estimate of drug-likeness (QED) is 0.644. The van der Waals surface area contributed by atoms with Gasteiger partial charge in [0.1, 0.15) is 23.4 Å². The highest BCUT2D eigenvalue weighted by Crippen LogP contribution is 2.29. The van der Waals surface area contributed by atoms with Crippen LogP contribution in [0, 0.1) is 0 Å². The van der Waals surface area contributed by atoms with Crippen molar-refractivity contribution in [1.82, 2.24) is 5.32 Å². The Hall–Kier alpha value is -1.93. The van der Waals surface area contributed by atoms with E-state index in [2.05, 4.69) is 5.32 Å². The third-order valence-corrected chi connectivity index (χ3v) is 4.34. The lowest BCUT2D eigenvalue weighted by Gasteiger charge is -2.43. The van der Waals surface area contributed by atoms with E-state index in [0.29, 0.717) is 5.58 Å². The number of furan rings is 1. The van der Waals surface area contributed by atoms with Gasteiger partial charge in [-0.3, -0.25) is 4.79 Å². The lowest BCUT2D eigenvalue weighted by molar-refractivity contribution is -0.221. The molecule has 0 aliphatic carbocycles. The van der Waals surface area contributed by atoms with Gasteiger partial charge in [0.2, 0.25) is 0 Å². The van der Waals surface area contributed by atoms with Crippen molar-refractivity contribution >= 4 is 16.9 Å². The summed E-state index contributed by atoms with van der Waals surface area (Å²) in [5.41, 5.74) is -1.02. The molecule has 4 N–H and O–H groups in total. The van der Waals surface area contributed by atoms with E-state index in [1.165, 1.54) is 0 Å². The number of para-hydroxylation sites is 1. The van der Waals surface area contributed by atoms with Crippen LogP contribution in [0.1, 0.15) is 23.9 Å². The van der Waals surface area contributed by atoms with Crippen molar-refractivity contribution in [3.8, 4) is 0 Å². The number of amides is 1. The number of aliphatic hydroxyl groups excluding tert-OH is 2. The smallest absolute Gasteiger partial charge is 0.287 e. The molecule has 1 amide bonds. The average molecular weight is 335 g/mol.